The summed E-state index contributed by atoms with van der Waals surface area (Å²) in [5.74, 6) is 1.49. The fraction of sp³-hybridized carbons (Fsp3) is 0.391. The summed E-state index contributed by atoms with van der Waals surface area (Å²) in [7, 11) is 2.00. The maximum absolute atomic E-state index is 9.55. The van der Waals surface area contributed by atoms with E-state index in [1.165, 1.54) is 7.11 Å². The van der Waals surface area contributed by atoms with Gasteiger partial charge in [0.1, 0.15) is 19.0 Å². The van der Waals surface area contributed by atoms with Gasteiger partial charge in [-0.05, 0) is 63.1 Å². The molecule has 0 spiro atoms. The summed E-state index contributed by atoms with van der Waals surface area (Å²) < 4.78 is 15.8. The molecule has 2 aliphatic rings. The maximum Gasteiger partial charge on any atom is 0.484 e. The average molecular weight is 423 g/mol. The molecule has 0 atom stereocenters. The predicted octanol–water partition coefficient (Wildman–Crippen LogP) is 3.33. The van der Waals surface area contributed by atoms with Gasteiger partial charge in [0.2, 0.25) is 11.8 Å². The number of hydrogen-bond donors (Lipinski definition) is 2. The van der Waals surface area contributed by atoms with Crippen molar-refractivity contribution in [3.05, 3.63) is 53.6 Å². The van der Waals surface area contributed by atoms with E-state index in [9.17, 15) is 5.11 Å². The molecule has 2 heterocycles. The number of phenols is 1. The molecule has 0 aliphatic carbocycles. The number of aromatic hydroxyl groups is 1. The van der Waals surface area contributed by atoms with Crippen molar-refractivity contribution in [3.63, 3.8) is 0 Å². The number of phenolic OH excluding ortho intramolecular Hbond substituents is 1. The Bertz CT molecular complexity index is 982. The highest BCUT2D eigenvalue weighted by molar-refractivity contribution is 6.15. The van der Waals surface area contributed by atoms with Crippen LogP contribution in [0.25, 0.3) is 11.1 Å². The lowest BCUT2D eigenvalue weighted by Gasteiger charge is -2.12. The zero-order valence-corrected chi connectivity index (χ0v) is 18.5. The van der Waals surface area contributed by atoms with Crippen molar-refractivity contribution < 1.29 is 24.3 Å². The lowest BCUT2D eigenvalue weighted by Crippen LogP contribution is -2.17. The third-order valence-electron chi connectivity index (χ3n) is 4.72. The lowest BCUT2D eigenvalue weighted by molar-refractivity contribution is 0.277. The van der Waals surface area contributed by atoms with Crippen molar-refractivity contribution in [2.24, 2.45) is 9.98 Å². The molecule has 31 heavy (non-hydrogen) atoms. The molecule has 2 aromatic carbocycles. The van der Waals surface area contributed by atoms with Crippen LogP contribution >= 0.6 is 0 Å². The third-order valence-corrected chi connectivity index (χ3v) is 4.72. The fourth-order valence-corrected chi connectivity index (χ4v) is 3.19. The van der Waals surface area contributed by atoms with Crippen LogP contribution in [0.5, 0.6) is 5.75 Å². The highest BCUT2D eigenvalue weighted by Crippen LogP contribution is 2.30. The predicted molar refractivity (Wildman–Crippen MR) is 122 cm³/mol. The molecule has 2 aromatic rings. The van der Waals surface area contributed by atoms with Gasteiger partial charge in [-0.25, -0.2) is 9.98 Å². The number of rotatable bonds is 4. The average Bonchev–Trinajstić information content (AvgIpc) is 3.29. The summed E-state index contributed by atoms with van der Waals surface area (Å²) in [6.07, 6.45) is 0. The van der Waals surface area contributed by atoms with E-state index in [-0.39, 0.29) is 16.8 Å². The second-order valence-electron chi connectivity index (χ2n) is 8.68. The molecule has 2 N–H and O–H groups in total. The first kappa shape index (κ1) is 22.8. The maximum atomic E-state index is 9.55. The molecule has 1 radical (unpaired) electrons. The Morgan fingerprint density at radius 1 is 0.839 bits per heavy atom. The Kier molecular flexibility index (Phi) is 6.72. The monoisotopic (exact) mass is 423 g/mol. The summed E-state index contributed by atoms with van der Waals surface area (Å²) in [6.45, 7) is 9.31. The van der Waals surface area contributed by atoms with E-state index in [1.54, 1.807) is 12.1 Å². The second kappa shape index (κ2) is 9.12. The molecule has 4 rings (SSSR count). The Balaban J connectivity index is 0.000000628. The van der Waals surface area contributed by atoms with Gasteiger partial charge in [-0.2, -0.15) is 0 Å². The molecule has 0 aromatic heterocycles. The lowest BCUT2D eigenvalue weighted by atomic mass is 9.98. The van der Waals surface area contributed by atoms with Gasteiger partial charge in [0, 0.05) is 18.2 Å². The summed E-state index contributed by atoms with van der Waals surface area (Å²) in [4.78, 5) is 9.48. The SMILES string of the molecule is CC1(C)COC(c2ccc(-c3ccc(O)cc3)cc2C2=NC(C)(C)CO2)=N1.CO[B]O. The van der Waals surface area contributed by atoms with Crippen LogP contribution in [0.4, 0.5) is 0 Å². The van der Waals surface area contributed by atoms with Gasteiger partial charge in [0.15, 0.2) is 0 Å². The van der Waals surface area contributed by atoms with Gasteiger partial charge in [-0.1, -0.05) is 18.2 Å². The van der Waals surface area contributed by atoms with Crippen LogP contribution < -0.4 is 0 Å². The van der Waals surface area contributed by atoms with Crippen molar-refractivity contribution in [3.8, 4) is 16.9 Å². The van der Waals surface area contributed by atoms with E-state index >= 15 is 0 Å². The van der Waals surface area contributed by atoms with Gasteiger partial charge < -0.3 is 24.3 Å². The van der Waals surface area contributed by atoms with Crippen molar-refractivity contribution in [1.29, 1.82) is 0 Å². The van der Waals surface area contributed by atoms with Crippen LogP contribution in [0.15, 0.2) is 52.4 Å². The molecule has 0 saturated heterocycles. The zero-order chi connectivity index (χ0) is 22.6. The molecule has 8 heteroatoms. The largest absolute Gasteiger partial charge is 0.508 e. The molecule has 0 amide bonds. The standard InChI is InChI=1S/C22H24N2O3.CH4BO2/c1-21(2)12-26-19(23-21)17-10-7-15(14-5-8-16(25)9-6-14)11-18(17)20-24-22(3,4)13-27-20;1-4-2-3/h5-11,25H,12-13H2,1-4H3;3H,1H3. The number of hydrogen-bond acceptors (Lipinski definition) is 7. The Morgan fingerprint density at radius 2 is 1.32 bits per heavy atom. The molecular formula is C23H28BN2O5. The highest BCUT2D eigenvalue weighted by Gasteiger charge is 2.32. The molecular weight excluding hydrogens is 395 g/mol. The van der Waals surface area contributed by atoms with Crippen LogP contribution in [0, 0.1) is 0 Å². The van der Waals surface area contributed by atoms with Crippen LogP contribution in [0.1, 0.15) is 38.8 Å². The van der Waals surface area contributed by atoms with Crippen LogP contribution in [0.2, 0.25) is 0 Å². The molecule has 163 valence electrons. The van der Waals surface area contributed by atoms with Crippen molar-refractivity contribution in [1.82, 2.24) is 0 Å². The number of nitrogens with zero attached hydrogens (tertiary/aromatic N) is 2. The summed E-state index contributed by atoms with van der Waals surface area (Å²) >= 11 is 0. The van der Waals surface area contributed by atoms with Crippen LogP contribution in [-0.2, 0) is 14.1 Å². The van der Waals surface area contributed by atoms with Gasteiger partial charge >= 0.3 is 7.69 Å². The van der Waals surface area contributed by atoms with E-state index in [0.717, 1.165) is 22.3 Å². The summed E-state index contributed by atoms with van der Waals surface area (Å²) in [5, 5.41) is 17.1. The molecule has 7 nitrogen and oxygen atoms in total. The molecule has 2 aliphatic heterocycles. The number of aliphatic imine (C=N–C) groups is 2. The smallest absolute Gasteiger partial charge is 0.484 e. The topological polar surface area (TPSA) is 92.9 Å². The molecule has 0 unspecified atom stereocenters. The van der Waals surface area contributed by atoms with E-state index < -0.39 is 0 Å². The van der Waals surface area contributed by atoms with E-state index in [1.807, 2.05) is 24.3 Å². The van der Waals surface area contributed by atoms with Crippen molar-refractivity contribution in [2.75, 3.05) is 20.3 Å². The first-order valence-electron chi connectivity index (χ1n) is 10.0. The summed E-state index contributed by atoms with van der Waals surface area (Å²) in [6, 6.07) is 13.2. The van der Waals surface area contributed by atoms with Crippen LogP contribution in [-0.4, -0.2) is 61.0 Å². The van der Waals surface area contributed by atoms with E-state index in [2.05, 4.69) is 38.4 Å². The molecule has 0 bridgehead atoms. The zero-order valence-electron chi connectivity index (χ0n) is 18.5. The quantitative estimate of drug-likeness (QED) is 0.736. The Labute approximate surface area is 183 Å². The third kappa shape index (κ3) is 5.65. The van der Waals surface area contributed by atoms with E-state index in [0.29, 0.717) is 32.7 Å². The molecule has 0 fully saturated rings. The minimum atomic E-state index is -0.251. The van der Waals surface area contributed by atoms with Gasteiger partial charge in [0.25, 0.3) is 0 Å². The first-order valence-corrected chi connectivity index (χ1v) is 10.0. The number of ether oxygens (including phenoxy) is 2. The van der Waals surface area contributed by atoms with Crippen molar-refractivity contribution >= 4 is 19.5 Å². The Morgan fingerprint density at radius 3 is 1.77 bits per heavy atom. The van der Waals surface area contributed by atoms with E-state index in [4.69, 9.17) is 24.5 Å². The van der Waals surface area contributed by atoms with Crippen LogP contribution in [0.3, 0.4) is 0 Å². The van der Waals surface area contributed by atoms with Gasteiger partial charge in [0.05, 0.1) is 11.1 Å². The normalized spacial score (nSPS) is 18.1. The minimum absolute atomic E-state index is 0.236. The fourth-order valence-electron chi connectivity index (χ4n) is 3.19. The highest BCUT2D eigenvalue weighted by atomic mass is 16.5. The minimum Gasteiger partial charge on any atom is -0.508 e. The summed E-state index contributed by atoms with van der Waals surface area (Å²) in [5.41, 5.74) is 3.30. The van der Waals surface area contributed by atoms with Crippen molar-refractivity contribution in [2.45, 2.75) is 38.8 Å². The van der Waals surface area contributed by atoms with Gasteiger partial charge in [-0.15, -0.1) is 0 Å². The molecule has 0 saturated carbocycles. The second-order valence-corrected chi connectivity index (χ2v) is 8.68. The Hall–Kier alpha value is -2.84. The first-order chi connectivity index (χ1) is 14.6. The van der Waals surface area contributed by atoms with Gasteiger partial charge in [-0.3, -0.25) is 0 Å². The number of benzene rings is 2.